The summed E-state index contributed by atoms with van der Waals surface area (Å²) in [4.78, 5) is 0.0783. The molecule has 0 aliphatic heterocycles. The average molecular weight is 264 g/mol. The Hall–Kier alpha value is -0.710. The topological polar surface area (TPSA) is 39.1 Å². The van der Waals surface area contributed by atoms with Crippen LogP contribution in [0.1, 0.15) is 0 Å². The molecule has 2 aromatic rings. The standard InChI is InChI=1S/C9H7Cl2NO2S/c1-12-8-5-7(15(11,13)14)3-2-6(8)4-9(12)10/h2-5H,1H3. The number of nitrogens with zero attached hydrogens (tertiary/aromatic N) is 1. The summed E-state index contributed by atoms with van der Waals surface area (Å²) in [5.74, 6) is 0. The molecule has 6 heteroatoms. The SMILES string of the molecule is Cn1c(Cl)cc2ccc(S(=O)(=O)Cl)cc21. The van der Waals surface area contributed by atoms with Crippen molar-refractivity contribution in [2.75, 3.05) is 0 Å². The molecule has 0 spiro atoms. The van der Waals surface area contributed by atoms with Crippen molar-refractivity contribution in [3.05, 3.63) is 29.4 Å². The van der Waals surface area contributed by atoms with Gasteiger partial charge in [0.2, 0.25) is 0 Å². The van der Waals surface area contributed by atoms with Crippen LogP contribution in [0.15, 0.2) is 29.2 Å². The van der Waals surface area contributed by atoms with Gasteiger partial charge in [0.1, 0.15) is 5.15 Å². The van der Waals surface area contributed by atoms with E-state index in [1.807, 2.05) is 0 Å². The van der Waals surface area contributed by atoms with E-state index in [2.05, 4.69) is 0 Å². The molecule has 0 bridgehead atoms. The van der Waals surface area contributed by atoms with E-state index in [4.69, 9.17) is 22.3 Å². The summed E-state index contributed by atoms with van der Waals surface area (Å²) in [6.45, 7) is 0. The van der Waals surface area contributed by atoms with Crippen molar-refractivity contribution in [3.8, 4) is 0 Å². The lowest BCUT2D eigenvalue weighted by Gasteiger charge is -1.99. The van der Waals surface area contributed by atoms with Gasteiger partial charge in [0.15, 0.2) is 0 Å². The van der Waals surface area contributed by atoms with E-state index in [0.717, 1.165) is 10.9 Å². The fraction of sp³-hybridized carbons (Fsp3) is 0.111. The van der Waals surface area contributed by atoms with E-state index in [1.165, 1.54) is 12.1 Å². The molecule has 1 aromatic carbocycles. The second kappa shape index (κ2) is 3.40. The highest BCUT2D eigenvalue weighted by atomic mass is 35.7. The first-order valence-electron chi connectivity index (χ1n) is 4.09. The second-order valence-corrected chi connectivity index (χ2v) is 6.14. The number of rotatable bonds is 1. The monoisotopic (exact) mass is 263 g/mol. The van der Waals surface area contributed by atoms with Crippen molar-refractivity contribution in [1.29, 1.82) is 0 Å². The third-order valence-corrected chi connectivity index (χ3v) is 3.95. The summed E-state index contributed by atoms with van der Waals surface area (Å²) < 4.78 is 23.9. The van der Waals surface area contributed by atoms with Crippen molar-refractivity contribution < 1.29 is 8.42 Å². The highest BCUT2D eigenvalue weighted by molar-refractivity contribution is 8.13. The van der Waals surface area contributed by atoms with E-state index in [-0.39, 0.29) is 4.90 Å². The van der Waals surface area contributed by atoms with Gasteiger partial charge in [0.05, 0.1) is 10.4 Å². The average Bonchev–Trinajstić information content (AvgIpc) is 2.41. The molecule has 15 heavy (non-hydrogen) atoms. The van der Waals surface area contributed by atoms with Gasteiger partial charge in [-0.15, -0.1) is 0 Å². The minimum atomic E-state index is -3.69. The van der Waals surface area contributed by atoms with Gasteiger partial charge < -0.3 is 4.57 Å². The van der Waals surface area contributed by atoms with Crippen LogP contribution in [0.2, 0.25) is 5.15 Å². The van der Waals surface area contributed by atoms with Gasteiger partial charge in [-0.05, 0) is 18.2 Å². The molecule has 3 nitrogen and oxygen atoms in total. The van der Waals surface area contributed by atoms with Gasteiger partial charge in [0.25, 0.3) is 9.05 Å². The quantitative estimate of drug-likeness (QED) is 0.743. The summed E-state index contributed by atoms with van der Waals surface area (Å²) in [5.41, 5.74) is 0.738. The zero-order valence-electron chi connectivity index (χ0n) is 7.74. The Morgan fingerprint density at radius 1 is 1.27 bits per heavy atom. The lowest BCUT2D eigenvalue weighted by atomic mass is 10.2. The van der Waals surface area contributed by atoms with Gasteiger partial charge in [0, 0.05) is 23.1 Å². The summed E-state index contributed by atoms with van der Waals surface area (Å²) >= 11 is 5.90. The third-order valence-electron chi connectivity index (χ3n) is 2.24. The van der Waals surface area contributed by atoms with Crippen molar-refractivity contribution in [3.63, 3.8) is 0 Å². The highest BCUT2D eigenvalue weighted by Crippen LogP contribution is 2.26. The molecule has 0 atom stereocenters. The van der Waals surface area contributed by atoms with Gasteiger partial charge in [-0.1, -0.05) is 17.7 Å². The van der Waals surface area contributed by atoms with Crippen LogP contribution < -0.4 is 0 Å². The van der Waals surface area contributed by atoms with E-state index in [1.54, 1.807) is 23.7 Å². The Bertz CT molecular complexity index is 631. The first-order chi connectivity index (χ1) is 6.89. The minimum Gasteiger partial charge on any atom is -0.335 e. The lowest BCUT2D eigenvalue weighted by molar-refractivity contribution is 0.609. The van der Waals surface area contributed by atoms with Crippen molar-refractivity contribution in [2.24, 2.45) is 7.05 Å². The van der Waals surface area contributed by atoms with Crippen LogP contribution in [0.3, 0.4) is 0 Å². The molecular formula is C9H7Cl2NO2S. The Balaban J connectivity index is 2.81. The molecule has 0 aliphatic rings. The molecule has 2 rings (SSSR count). The molecule has 0 radical (unpaired) electrons. The second-order valence-electron chi connectivity index (χ2n) is 3.18. The maximum absolute atomic E-state index is 11.1. The van der Waals surface area contributed by atoms with Crippen LogP contribution in [0.25, 0.3) is 10.9 Å². The predicted octanol–water partition coefficient (Wildman–Crippen LogP) is 2.76. The number of hydrogen-bond acceptors (Lipinski definition) is 2. The third kappa shape index (κ3) is 1.85. The fourth-order valence-electron chi connectivity index (χ4n) is 1.43. The lowest BCUT2D eigenvalue weighted by Crippen LogP contribution is -1.92. The summed E-state index contributed by atoms with van der Waals surface area (Å²) in [5, 5.41) is 1.43. The Morgan fingerprint density at radius 3 is 2.53 bits per heavy atom. The Morgan fingerprint density at radius 2 is 1.93 bits per heavy atom. The van der Waals surface area contributed by atoms with E-state index >= 15 is 0 Å². The molecule has 0 saturated heterocycles. The number of aromatic nitrogens is 1. The predicted molar refractivity (Wildman–Crippen MR) is 61.0 cm³/mol. The maximum atomic E-state index is 11.1. The number of fused-ring (bicyclic) bond motifs is 1. The Kier molecular flexibility index (Phi) is 2.45. The van der Waals surface area contributed by atoms with Gasteiger partial charge in [-0.3, -0.25) is 0 Å². The van der Waals surface area contributed by atoms with Crippen LogP contribution in [-0.4, -0.2) is 13.0 Å². The van der Waals surface area contributed by atoms with E-state index in [0.29, 0.717) is 5.15 Å². The molecule has 1 aromatic heterocycles. The van der Waals surface area contributed by atoms with E-state index < -0.39 is 9.05 Å². The summed E-state index contributed by atoms with van der Waals surface area (Å²) in [7, 11) is 3.32. The van der Waals surface area contributed by atoms with Gasteiger partial charge >= 0.3 is 0 Å². The summed E-state index contributed by atoms with van der Waals surface area (Å²) in [6, 6.07) is 6.41. The maximum Gasteiger partial charge on any atom is 0.261 e. The molecule has 0 N–H and O–H groups in total. The molecule has 80 valence electrons. The molecule has 0 aliphatic carbocycles. The fourth-order valence-corrected chi connectivity index (χ4v) is 2.41. The zero-order valence-corrected chi connectivity index (χ0v) is 10.1. The first-order valence-corrected chi connectivity index (χ1v) is 6.78. The molecule has 0 amide bonds. The molecule has 1 heterocycles. The van der Waals surface area contributed by atoms with Gasteiger partial charge in [-0.25, -0.2) is 8.42 Å². The molecule has 0 saturated carbocycles. The highest BCUT2D eigenvalue weighted by Gasteiger charge is 2.12. The number of benzene rings is 1. The molecular weight excluding hydrogens is 257 g/mol. The van der Waals surface area contributed by atoms with Gasteiger partial charge in [-0.2, -0.15) is 0 Å². The summed E-state index contributed by atoms with van der Waals surface area (Å²) in [6.07, 6.45) is 0. The smallest absolute Gasteiger partial charge is 0.261 e. The zero-order chi connectivity index (χ0) is 11.2. The van der Waals surface area contributed by atoms with Crippen LogP contribution in [0, 0.1) is 0 Å². The Labute approximate surface area is 96.6 Å². The number of aryl methyl sites for hydroxylation is 1. The molecule has 0 fully saturated rings. The van der Waals surface area contributed by atoms with Crippen molar-refractivity contribution >= 4 is 42.2 Å². The van der Waals surface area contributed by atoms with Crippen LogP contribution >= 0.6 is 22.3 Å². The largest absolute Gasteiger partial charge is 0.335 e. The van der Waals surface area contributed by atoms with E-state index in [9.17, 15) is 8.42 Å². The normalized spacial score (nSPS) is 12.2. The van der Waals surface area contributed by atoms with Crippen LogP contribution in [0.5, 0.6) is 0 Å². The van der Waals surface area contributed by atoms with Crippen molar-refractivity contribution in [1.82, 2.24) is 4.57 Å². The minimum absolute atomic E-state index is 0.0783. The first kappa shape index (κ1) is 10.8. The van der Waals surface area contributed by atoms with Crippen molar-refractivity contribution in [2.45, 2.75) is 4.90 Å². The van der Waals surface area contributed by atoms with Crippen LogP contribution in [-0.2, 0) is 16.1 Å². The molecule has 0 unspecified atom stereocenters. The number of halogens is 2. The van der Waals surface area contributed by atoms with Crippen LogP contribution in [0.4, 0.5) is 0 Å². The number of hydrogen-bond donors (Lipinski definition) is 0.